The van der Waals surface area contributed by atoms with Crippen molar-refractivity contribution >= 4 is 41.3 Å². The molecule has 1 aliphatic carbocycles. The molecule has 1 saturated carbocycles. The lowest BCUT2D eigenvalue weighted by molar-refractivity contribution is 0.530. The molecule has 0 atom stereocenters. The molecule has 1 aromatic rings. The lowest BCUT2D eigenvalue weighted by Gasteiger charge is -2.16. The van der Waals surface area contributed by atoms with E-state index < -0.39 is 0 Å². The predicted molar refractivity (Wildman–Crippen MR) is 94.6 cm³/mol. The molecule has 1 aromatic heterocycles. The smallest absolute Gasteiger partial charge is 0.188 e. The number of aliphatic imine (C=N–C) groups is 1. The molecule has 1 heterocycles. The number of hydrogen-bond acceptors (Lipinski definition) is 2. The minimum atomic E-state index is 0. The molecule has 0 unspecified atom stereocenters. The quantitative estimate of drug-likeness (QED) is 0.356. The molecule has 108 valence electrons. The normalized spacial score (nSPS) is 17.6. The Balaban J connectivity index is 0.00000180. The van der Waals surface area contributed by atoms with Crippen LogP contribution in [0.1, 0.15) is 43.4 Å². The number of hydrogen-bond donors (Lipinski definition) is 2. The van der Waals surface area contributed by atoms with E-state index in [1.807, 2.05) is 0 Å². The van der Waals surface area contributed by atoms with Crippen LogP contribution in [0.25, 0.3) is 0 Å². The highest BCUT2D eigenvalue weighted by Crippen LogP contribution is 2.16. The fourth-order valence-corrected chi connectivity index (χ4v) is 3.12. The molecule has 1 aliphatic rings. The highest BCUT2D eigenvalue weighted by molar-refractivity contribution is 14.0. The maximum absolute atomic E-state index is 5.94. The second-order valence-electron chi connectivity index (χ2n) is 4.93. The fourth-order valence-electron chi connectivity index (χ4n) is 2.42. The zero-order valence-electron chi connectivity index (χ0n) is 11.3. The molecule has 0 aliphatic heterocycles. The first kappa shape index (κ1) is 16.8. The third-order valence-electron chi connectivity index (χ3n) is 3.43. The van der Waals surface area contributed by atoms with Crippen LogP contribution in [0.5, 0.6) is 0 Å². The third kappa shape index (κ3) is 6.61. The summed E-state index contributed by atoms with van der Waals surface area (Å²) in [5.41, 5.74) is 5.94. The van der Waals surface area contributed by atoms with E-state index in [0.29, 0.717) is 12.0 Å². The van der Waals surface area contributed by atoms with Crippen LogP contribution in [0.4, 0.5) is 0 Å². The lowest BCUT2D eigenvalue weighted by atomic mass is 10.1. The monoisotopic (exact) mass is 393 g/mol. The predicted octanol–water partition coefficient (Wildman–Crippen LogP) is 3.54. The van der Waals surface area contributed by atoms with Crippen LogP contribution in [0.2, 0.25) is 0 Å². The van der Waals surface area contributed by atoms with Gasteiger partial charge in [-0.15, -0.1) is 35.3 Å². The Morgan fingerprint density at radius 3 is 2.68 bits per heavy atom. The highest BCUT2D eigenvalue weighted by atomic mass is 127. The van der Waals surface area contributed by atoms with Crippen molar-refractivity contribution in [3.05, 3.63) is 22.4 Å². The number of nitrogens with zero attached hydrogens (tertiary/aromatic N) is 1. The molecule has 0 saturated heterocycles. The zero-order valence-corrected chi connectivity index (χ0v) is 14.5. The molecular weight excluding hydrogens is 369 g/mol. The van der Waals surface area contributed by atoms with Crippen LogP contribution < -0.4 is 11.1 Å². The Hall–Kier alpha value is -0.300. The molecule has 5 heteroatoms. The summed E-state index contributed by atoms with van der Waals surface area (Å²) in [5, 5.41) is 5.47. The Labute approximate surface area is 137 Å². The van der Waals surface area contributed by atoms with Crippen molar-refractivity contribution in [3.63, 3.8) is 0 Å². The third-order valence-corrected chi connectivity index (χ3v) is 4.36. The van der Waals surface area contributed by atoms with Crippen LogP contribution in [0, 0.1) is 0 Å². The van der Waals surface area contributed by atoms with Crippen molar-refractivity contribution in [2.24, 2.45) is 10.7 Å². The Bertz CT molecular complexity index is 357. The molecule has 19 heavy (non-hydrogen) atoms. The molecule has 2 rings (SSSR count). The van der Waals surface area contributed by atoms with E-state index in [2.05, 4.69) is 27.8 Å². The standard InChI is InChI=1S/C14H23N3S.HI/c15-14(16-10-9-13-8-5-11-18-13)17-12-6-3-1-2-4-7-12;/h5,8,11-12H,1-4,6-7,9-10H2,(H3,15,16,17);1H. The van der Waals surface area contributed by atoms with Crippen molar-refractivity contribution < 1.29 is 0 Å². The Morgan fingerprint density at radius 2 is 2.05 bits per heavy atom. The van der Waals surface area contributed by atoms with Gasteiger partial charge < -0.3 is 11.1 Å². The number of nitrogens with two attached hydrogens (primary N) is 1. The van der Waals surface area contributed by atoms with Gasteiger partial charge in [0.05, 0.1) is 0 Å². The summed E-state index contributed by atoms with van der Waals surface area (Å²) in [7, 11) is 0. The number of nitrogens with one attached hydrogen (secondary N) is 1. The van der Waals surface area contributed by atoms with Gasteiger partial charge in [-0.05, 0) is 24.3 Å². The van der Waals surface area contributed by atoms with Crippen molar-refractivity contribution in [1.82, 2.24) is 5.32 Å². The van der Waals surface area contributed by atoms with E-state index >= 15 is 0 Å². The van der Waals surface area contributed by atoms with Gasteiger partial charge in [0.15, 0.2) is 5.96 Å². The summed E-state index contributed by atoms with van der Waals surface area (Å²) < 4.78 is 0. The minimum Gasteiger partial charge on any atom is -0.370 e. The molecule has 3 N–H and O–H groups in total. The van der Waals surface area contributed by atoms with E-state index in [4.69, 9.17) is 5.73 Å². The summed E-state index contributed by atoms with van der Waals surface area (Å²) in [5.74, 6) is 0.624. The van der Waals surface area contributed by atoms with Gasteiger partial charge in [-0.1, -0.05) is 31.7 Å². The van der Waals surface area contributed by atoms with Gasteiger partial charge in [0.2, 0.25) is 0 Å². The molecule has 0 bridgehead atoms. The summed E-state index contributed by atoms with van der Waals surface area (Å²) in [6.45, 7) is 0.784. The van der Waals surface area contributed by atoms with E-state index in [1.165, 1.54) is 43.4 Å². The summed E-state index contributed by atoms with van der Waals surface area (Å²) in [4.78, 5) is 5.79. The average molecular weight is 393 g/mol. The van der Waals surface area contributed by atoms with Crippen molar-refractivity contribution in [2.45, 2.75) is 51.0 Å². The second kappa shape index (κ2) is 9.58. The second-order valence-corrected chi connectivity index (χ2v) is 5.96. The van der Waals surface area contributed by atoms with Gasteiger partial charge in [-0.25, -0.2) is 0 Å². The molecule has 3 nitrogen and oxygen atoms in total. The number of halogens is 1. The van der Waals surface area contributed by atoms with Crippen molar-refractivity contribution in [3.8, 4) is 0 Å². The topological polar surface area (TPSA) is 50.4 Å². The Kier molecular flexibility index (Phi) is 8.45. The van der Waals surface area contributed by atoms with E-state index in [-0.39, 0.29) is 24.0 Å². The van der Waals surface area contributed by atoms with Crippen LogP contribution in [-0.2, 0) is 6.42 Å². The summed E-state index contributed by atoms with van der Waals surface area (Å²) >= 11 is 1.78. The van der Waals surface area contributed by atoms with Crippen molar-refractivity contribution in [2.75, 3.05) is 6.54 Å². The molecule has 0 amide bonds. The van der Waals surface area contributed by atoms with E-state index in [1.54, 1.807) is 11.3 Å². The summed E-state index contributed by atoms with van der Waals surface area (Å²) in [6.07, 6.45) is 8.84. The van der Waals surface area contributed by atoms with Crippen LogP contribution in [-0.4, -0.2) is 18.5 Å². The minimum absolute atomic E-state index is 0. The summed E-state index contributed by atoms with van der Waals surface area (Å²) in [6, 6.07) is 4.77. The maximum atomic E-state index is 5.94. The SMILES string of the molecule is I.NC(=NCCc1cccs1)NC1CCCCCC1. The number of thiophene rings is 1. The largest absolute Gasteiger partial charge is 0.370 e. The van der Waals surface area contributed by atoms with Gasteiger partial charge in [0.1, 0.15) is 0 Å². The first-order valence-corrected chi connectivity index (χ1v) is 7.81. The van der Waals surface area contributed by atoms with Gasteiger partial charge in [-0.3, -0.25) is 4.99 Å². The highest BCUT2D eigenvalue weighted by Gasteiger charge is 2.11. The van der Waals surface area contributed by atoms with Gasteiger partial charge in [0.25, 0.3) is 0 Å². The Morgan fingerprint density at radius 1 is 1.32 bits per heavy atom. The first-order chi connectivity index (χ1) is 8.84. The van der Waals surface area contributed by atoms with Crippen LogP contribution >= 0.6 is 35.3 Å². The van der Waals surface area contributed by atoms with E-state index in [9.17, 15) is 0 Å². The first-order valence-electron chi connectivity index (χ1n) is 6.93. The van der Waals surface area contributed by atoms with Crippen LogP contribution in [0.3, 0.4) is 0 Å². The number of rotatable bonds is 4. The maximum Gasteiger partial charge on any atom is 0.188 e. The molecular formula is C14H24IN3S. The lowest BCUT2D eigenvalue weighted by Crippen LogP contribution is -2.39. The van der Waals surface area contributed by atoms with E-state index in [0.717, 1.165) is 13.0 Å². The van der Waals surface area contributed by atoms with Gasteiger partial charge in [-0.2, -0.15) is 0 Å². The molecule has 0 radical (unpaired) electrons. The van der Waals surface area contributed by atoms with Gasteiger partial charge in [0, 0.05) is 23.9 Å². The molecule has 1 fully saturated rings. The zero-order chi connectivity index (χ0) is 12.6. The molecule has 0 aromatic carbocycles. The fraction of sp³-hybridized carbons (Fsp3) is 0.643. The van der Waals surface area contributed by atoms with Gasteiger partial charge >= 0.3 is 0 Å². The van der Waals surface area contributed by atoms with Crippen LogP contribution in [0.15, 0.2) is 22.5 Å². The molecule has 0 spiro atoms. The van der Waals surface area contributed by atoms with Crippen molar-refractivity contribution in [1.29, 1.82) is 0 Å². The average Bonchev–Trinajstić information content (AvgIpc) is 2.74. The number of guanidine groups is 1.